The molecule has 0 saturated carbocycles. The third-order valence-electron chi connectivity index (χ3n) is 7.65. The molecule has 0 aliphatic carbocycles. The number of hydrogen-bond acceptors (Lipinski definition) is 5. The molecule has 7 heteroatoms. The van der Waals surface area contributed by atoms with E-state index in [9.17, 15) is 9.59 Å². The van der Waals surface area contributed by atoms with E-state index in [0.717, 1.165) is 76.3 Å². The van der Waals surface area contributed by atoms with E-state index in [-0.39, 0.29) is 17.9 Å². The topological polar surface area (TPSA) is 67.9 Å². The minimum absolute atomic E-state index is 0.0485. The first-order chi connectivity index (χ1) is 17.0. The zero-order valence-electron chi connectivity index (χ0n) is 21.0. The lowest BCUT2D eigenvalue weighted by molar-refractivity contribution is -0.118. The zero-order valence-corrected chi connectivity index (χ0v) is 21.0. The van der Waals surface area contributed by atoms with Crippen molar-refractivity contribution in [3.63, 3.8) is 0 Å². The predicted octanol–water partition coefficient (Wildman–Crippen LogP) is 3.56. The van der Waals surface area contributed by atoms with Crippen LogP contribution in [0.15, 0.2) is 36.4 Å². The van der Waals surface area contributed by atoms with Crippen LogP contribution in [0.5, 0.6) is 0 Å². The maximum atomic E-state index is 12.7. The van der Waals surface area contributed by atoms with Gasteiger partial charge in [-0.05, 0) is 81.5 Å². The number of hydrogen-bond donors (Lipinski definition) is 2. The fraction of sp³-hybridized carbons (Fsp3) is 0.500. The van der Waals surface area contributed by atoms with Crippen molar-refractivity contribution in [2.24, 2.45) is 0 Å². The van der Waals surface area contributed by atoms with Crippen LogP contribution < -0.4 is 20.4 Å². The SMILES string of the molecule is Cc1ccc(C)c(N2CCN(CCCNC(=O)c3ccc4c(c3)NC(=O)C3CCCCN43)CC2)c1. The predicted molar refractivity (Wildman–Crippen MR) is 142 cm³/mol. The molecule has 0 spiro atoms. The summed E-state index contributed by atoms with van der Waals surface area (Å²) in [6.45, 7) is 11.0. The number of piperazine rings is 1. The van der Waals surface area contributed by atoms with E-state index >= 15 is 0 Å². The maximum Gasteiger partial charge on any atom is 0.251 e. The van der Waals surface area contributed by atoms with E-state index in [0.29, 0.717) is 12.1 Å². The Hall–Kier alpha value is -3.06. The van der Waals surface area contributed by atoms with Crippen LogP contribution >= 0.6 is 0 Å². The molecular formula is C28H37N5O2. The minimum atomic E-state index is -0.0810. The molecule has 2 fully saturated rings. The van der Waals surface area contributed by atoms with Crippen LogP contribution in [0, 0.1) is 13.8 Å². The molecule has 1 unspecified atom stereocenters. The highest BCUT2D eigenvalue weighted by Crippen LogP contribution is 2.36. The Morgan fingerprint density at radius 3 is 2.66 bits per heavy atom. The third kappa shape index (κ3) is 5.15. The highest BCUT2D eigenvalue weighted by Gasteiger charge is 2.34. The van der Waals surface area contributed by atoms with E-state index < -0.39 is 0 Å². The summed E-state index contributed by atoms with van der Waals surface area (Å²) in [4.78, 5) is 32.4. The second-order valence-corrected chi connectivity index (χ2v) is 10.2. The Labute approximate surface area is 208 Å². The van der Waals surface area contributed by atoms with E-state index in [4.69, 9.17) is 0 Å². The highest BCUT2D eigenvalue weighted by molar-refractivity contribution is 6.05. The van der Waals surface area contributed by atoms with E-state index in [1.54, 1.807) is 0 Å². The first-order valence-corrected chi connectivity index (χ1v) is 13.0. The van der Waals surface area contributed by atoms with Crippen molar-refractivity contribution in [2.75, 3.05) is 60.9 Å². The van der Waals surface area contributed by atoms with Crippen molar-refractivity contribution in [1.29, 1.82) is 0 Å². The summed E-state index contributed by atoms with van der Waals surface area (Å²) < 4.78 is 0. The van der Waals surface area contributed by atoms with Gasteiger partial charge in [0.1, 0.15) is 6.04 Å². The van der Waals surface area contributed by atoms with Gasteiger partial charge in [0.2, 0.25) is 5.91 Å². The van der Waals surface area contributed by atoms with Crippen LogP contribution in [0.4, 0.5) is 17.1 Å². The second kappa shape index (κ2) is 10.3. The van der Waals surface area contributed by atoms with Gasteiger partial charge >= 0.3 is 0 Å². The zero-order chi connectivity index (χ0) is 24.4. The highest BCUT2D eigenvalue weighted by atomic mass is 16.2. The number of rotatable bonds is 6. The fourth-order valence-electron chi connectivity index (χ4n) is 5.62. The van der Waals surface area contributed by atoms with Crippen LogP contribution in [-0.2, 0) is 4.79 Å². The van der Waals surface area contributed by atoms with E-state index in [2.05, 4.69) is 57.4 Å². The fourth-order valence-corrected chi connectivity index (χ4v) is 5.62. The third-order valence-corrected chi connectivity index (χ3v) is 7.65. The number of fused-ring (bicyclic) bond motifs is 3. The van der Waals surface area contributed by atoms with Crippen molar-refractivity contribution < 1.29 is 9.59 Å². The smallest absolute Gasteiger partial charge is 0.251 e. The summed E-state index contributed by atoms with van der Waals surface area (Å²) in [5.74, 6) is -0.0324. The molecule has 5 rings (SSSR count). The van der Waals surface area contributed by atoms with Crippen LogP contribution in [-0.4, -0.2) is 68.6 Å². The molecule has 1 atom stereocenters. The van der Waals surface area contributed by atoms with Gasteiger partial charge in [-0.25, -0.2) is 0 Å². The quantitative estimate of drug-likeness (QED) is 0.626. The summed E-state index contributed by atoms with van der Waals surface area (Å²) >= 11 is 0. The molecule has 3 heterocycles. The van der Waals surface area contributed by atoms with Crippen molar-refractivity contribution >= 4 is 28.9 Å². The lowest BCUT2D eigenvalue weighted by Gasteiger charge is -2.41. The average Bonchev–Trinajstić information content (AvgIpc) is 2.88. The van der Waals surface area contributed by atoms with Crippen LogP contribution in [0.25, 0.3) is 0 Å². The van der Waals surface area contributed by atoms with Crippen LogP contribution in [0.1, 0.15) is 47.2 Å². The van der Waals surface area contributed by atoms with E-state index in [1.165, 1.54) is 16.8 Å². The standard InChI is InChI=1S/C28H37N5O2/c1-20-7-8-21(2)26(18-20)32-16-14-31(15-17-32)12-5-11-29-27(34)22-9-10-24-23(19-22)30-28(35)25-6-3-4-13-33(24)25/h7-10,18-19,25H,3-6,11-17H2,1-2H3,(H,29,34)(H,30,35). The van der Waals surface area contributed by atoms with Crippen LogP contribution in [0.3, 0.4) is 0 Å². The minimum Gasteiger partial charge on any atom is -0.369 e. The summed E-state index contributed by atoms with van der Waals surface area (Å²) in [6.07, 6.45) is 4.01. The van der Waals surface area contributed by atoms with Gasteiger partial charge in [0.05, 0.1) is 11.4 Å². The Morgan fingerprint density at radius 1 is 1.00 bits per heavy atom. The van der Waals surface area contributed by atoms with Gasteiger partial charge in [-0.2, -0.15) is 0 Å². The van der Waals surface area contributed by atoms with Crippen molar-refractivity contribution in [2.45, 2.75) is 45.6 Å². The maximum absolute atomic E-state index is 12.7. The first-order valence-electron chi connectivity index (χ1n) is 13.0. The number of benzene rings is 2. The van der Waals surface area contributed by atoms with Gasteiger partial charge < -0.3 is 20.4 Å². The Bertz CT molecular complexity index is 1090. The van der Waals surface area contributed by atoms with Crippen molar-refractivity contribution in [1.82, 2.24) is 10.2 Å². The number of piperidine rings is 1. The molecule has 7 nitrogen and oxygen atoms in total. The molecule has 2 saturated heterocycles. The summed E-state index contributed by atoms with van der Waals surface area (Å²) in [5.41, 5.74) is 6.38. The van der Waals surface area contributed by atoms with Crippen molar-refractivity contribution in [3.8, 4) is 0 Å². The van der Waals surface area contributed by atoms with Gasteiger partial charge in [0.25, 0.3) is 5.91 Å². The molecular weight excluding hydrogens is 438 g/mol. The van der Waals surface area contributed by atoms with Crippen molar-refractivity contribution in [3.05, 3.63) is 53.1 Å². The number of aryl methyl sites for hydroxylation is 2. The van der Waals surface area contributed by atoms with Gasteiger partial charge in [-0.3, -0.25) is 14.5 Å². The number of carbonyl (C=O) groups is 2. The molecule has 2 aromatic rings. The van der Waals surface area contributed by atoms with E-state index in [1.807, 2.05) is 18.2 Å². The molecule has 2 N–H and O–H groups in total. The summed E-state index contributed by atoms with van der Waals surface area (Å²) in [5, 5.41) is 6.07. The number of nitrogens with zero attached hydrogens (tertiary/aromatic N) is 3. The molecule has 0 bridgehead atoms. The molecule has 2 aromatic carbocycles. The number of carbonyl (C=O) groups excluding carboxylic acids is 2. The molecule has 3 aliphatic heterocycles. The Balaban J connectivity index is 1.08. The van der Waals surface area contributed by atoms with Gasteiger partial charge in [-0.15, -0.1) is 0 Å². The number of nitrogens with one attached hydrogen (secondary N) is 2. The lowest BCUT2D eigenvalue weighted by atomic mass is 9.97. The van der Waals surface area contributed by atoms with Gasteiger partial charge in [-0.1, -0.05) is 12.1 Å². The number of amides is 2. The van der Waals surface area contributed by atoms with Gasteiger partial charge in [0.15, 0.2) is 0 Å². The molecule has 186 valence electrons. The Morgan fingerprint density at radius 2 is 1.83 bits per heavy atom. The molecule has 2 amide bonds. The monoisotopic (exact) mass is 475 g/mol. The Kier molecular flexibility index (Phi) is 6.95. The average molecular weight is 476 g/mol. The summed E-state index contributed by atoms with van der Waals surface area (Å²) in [7, 11) is 0. The molecule has 0 aromatic heterocycles. The number of anilines is 3. The first kappa shape index (κ1) is 23.7. The largest absolute Gasteiger partial charge is 0.369 e. The van der Waals surface area contributed by atoms with Crippen LogP contribution in [0.2, 0.25) is 0 Å². The molecule has 0 radical (unpaired) electrons. The van der Waals surface area contributed by atoms with Gasteiger partial charge in [0, 0.05) is 50.5 Å². The molecule has 3 aliphatic rings. The lowest BCUT2D eigenvalue weighted by Crippen LogP contribution is -2.50. The molecule has 35 heavy (non-hydrogen) atoms. The second-order valence-electron chi connectivity index (χ2n) is 10.2. The summed E-state index contributed by atoms with van der Waals surface area (Å²) in [6, 6.07) is 12.3. The normalized spacial score (nSPS) is 20.2.